The number of carboxylic acid groups (broad SMARTS) is 1. The van der Waals surface area contributed by atoms with E-state index in [1.165, 1.54) is 0 Å². The highest BCUT2D eigenvalue weighted by Crippen LogP contribution is 2.42. The molecule has 25 heavy (non-hydrogen) atoms. The number of hydrogen-bond donors (Lipinski definition) is 2. The Kier molecular flexibility index (Phi) is 4.89. The molecule has 2 atom stereocenters. The van der Waals surface area contributed by atoms with Gasteiger partial charge in [-0.1, -0.05) is 12.1 Å². The number of likely N-dealkylation sites (tertiary alicyclic amines) is 1. The van der Waals surface area contributed by atoms with E-state index in [9.17, 15) is 9.90 Å². The normalized spacial score (nSPS) is 20.6. The molecule has 0 amide bonds. The summed E-state index contributed by atoms with van der Waals surface area (Å²) in [6.45, 7) is 3.38. The Morgan fingerprint density at radius 2 is 2.16 bits per heavy atom. The van der Waals surface area contributed by atoms with Gasteiger partial charge in [-0.25, -0.2) is 4.98 Å². The molecular weight excluding hydrogens is 324 g/mol. The summed E-state index contributed by atoms with van der Waals surface area (Å²) in [6.07, 6.45) is 0. The number of carbonyl (C=O) groups is 1. The molecule has 1 aliphatic heterocycles. The zero-order valence-electron chi connectivity index (χ0n) is 14.5. The first-order valence-corrected chi connectivity index (χ1v) is 8.07. The van der Waals surface area contributed by atoms with Crippen LogP contribution in [-0.4, -0.2) is 58.5 Å². The van der Waals surface area contributed by atoms with Crippen molar-refractivity contribution in [2.24, 2.45) is 5.92 Å². The van der Waals surface area contributed by atoms with Gasteiger partial charge < -0.3 is 14.6 Å². The summed E-state index contributed by atoms with van der Waals surface area (Å²) in [7, 11) is 3.14. The van der Waals surface area contributed by atoms with Gasteiger partial charge in [0.2, 0.25) is 0 Å². The van der Waals surface area contributed by atoms with Crippen molar-refractivity contribution in [2.45, 2.75) is 19.4 Å². The summed E-state index contributed by atoms with van der Waals surface area (Å²) < 4.78 is 10.8. The fourth-order valence-corrected chi connectivity index (χ4v) is 3.44. The van der Waals surface area contributed by atoms with Gasteiger partial charge in [0, 0.05) is 24.6 Å². The molecule has 2 aromatic rings. The standard InChI is InChI=1S/C17H22N4O4/c1-10-18-15(20-19-10)9-21-7-12(13(8-21)17(22)23)11-5-4-6-14(24-2)16(11)25-3/h4-6,12-13H,7-9H2,1-3H3,(H,22,23)(H,18,19,20)/t12-,13+/m1/s1. The lowest BCUT2D eigenvalue weighted by atomic mass is 9.88. The number of H-pyrrole nitrogens is 1. The van der Waals surface area contributed by atoms with Crippen molar-refractivity contribution in [3.63, 3.8) is 0 Å². The van der Waals surface area contributed by atoms with Crippen molar-refractivity contribution in [3.8, 4) is 11.5 Å². The third-order valence-electron chi connectivity index (χ3n) is 4.55. The fourth-order valence-electron chi connectivity index (χ4n) is 3.44. The number of para-hydroxylation sites is 1. The number of rotatable bonds is 6. The molecule has 3 rings (SSSR count). The zero-order chi connectivity index (χ0) is 18.0. The number of aliphatic carboxylic acids is 1. The van der Waals surface area contributed by atoms with Crippen LogP contribution < -0.4 is 9.47 Å². The first-order valence-electron chi connectivity index (χ1n) is 8.07. The van der Waals surface area contributed by atoms with Crippen molar-refractivity contribution in [1.82, 2.24) is 20.1 Å². The molecule has 1 aromatic carbocycles. The summed E-state index contributed by atoms with van der Waals surface area (Å²) in [4.78, 5) is 18.2. The van der Waals surface area contributed by atoms with E-state index < -0.39 is 11.9 Å². The van der Waals surface area contributed by atoms with E-state index in [-0.39, 0.29) is 5.92 Å². The van der Waals surface area contributed by atoms with Crippen LogP contribution in [0.1, 0.15) is 23.1 Å². The summed E-state index contributed by atoms with van der Waals surface area (Å²) in [5.74, 6) is 1.08. The van der Waals surface area contributed by atoms with E-state index in [4.69, 9.17) is 9.47 Å². The molecule has 0 saturated carbocycles. The van der Waals surface area contributed by atoms with E-state index >= 15 is 0 Å². The Balaban J connectivity index is 1.88. The summed E-state index contributed by atoms with van der Waals surface area (Å²) in [5.41, 5.74) is 0.850. The van der Waals surface area contributed by atoms with Gasteiger partial charge in [-0.15, -0.1) is 0 Å². The molecule has 0 aliphatic carbocycles. The minimum Gasteiger partial charge on any atom is -0.493 e. The first-order chi connectivity index (χ1) is 12.0. The van der Waals surface area contributed by atoms with Gasteiger partial charge in [0.15, 0.2) is 17.3 Å². The maximum absolute atomic E-state index is 11.8. The molecule has 1 aliphatic rings. The molecule has 0 unspecified atom stereocenters. The van der Waals surface area contributed by atoms with Crippen LogP contribution in [0.3, 0.4) is 0 Å². The molecule has 8 heteroatoms. The van der Waals surface area contributed by atoms with Gasteiger partial charge in [0.05, 0.1) is 26.7 Å². The van der Waals surface area contributed by atoms with Crippen molar-refractivity contribution in [2.75, 3.05) is 27.3 Å². The van der Waals surface area contributed by atoms with Crippen molar-refractivity contribution in [1.29, 1.82) is 0 Å². The topological polar surface area (TPSA) is 101 Å². The molecular formula is C17H22N4O4. The number of aryl methyl sites for hydroxylation is 1. The molecule has 8 nitrogen and oxygen atoms in total. The van der Waals surface area contributed by atoms with Crippen LogP contribution >= 0.6 is 0 Å². The lowest BCUT2D eigenvalue weighted by Crippen LogP contribution is -2.23. The number of hydrogen-bond acceptors (Lipinski definition) is 6. The molecule has 1 saturated heterocycles. The second kappa shape index (κ2) is 7.10. The number of ether oxygens (including phenoxy) is 2. The summed E-state index contributed by atoms with van der Waals surface area (Å²) in [6, 6.07) is 5.57. The van der Waals surface area contributed by atoms with Gasteiger partial charge in [-0.05, 0) is 13.0 Å². The number of benzene rings is 1. The van der Waals surface area contributed by atoms with Crippen molar-refractivity contribution >= 4 is 5.97 Å². The van der Waals surface area contributed by atoms with E-state index in [2.05, 4.69) is 20.1 Å². The average molecular weight is 346 g/mol. The van der Waals surface area contributed by atoms with E-state index in [0.717, 1.165) is 11.4 Å². The predicted octanol–water partition coefficient (Wildman–Crippen LogP) is 1.43. The maximum Gasteiger partial charge on any atom is 0.308 e. The van der Waals surface area contributed by atoms with Gasteiger partial charge in [0.25, 0.3) is 0 Å². The van der Waals surface area contributed by atoms with E-state index in [1.807, 2.05) is 19.1 Å². The maximum atomic E-state index is 11.8. The highest BCUT2D eigenvalue weighted by Gasteiger charge is 2.40. The Labute approximate surface area is 145 Å². The monoisotopic (exact) mass is 346 g/mol. The molecule has 2 heterocycles. The third-order valence-corrected chi connectivity index (χ3v) is 4.55. The van der Waals surface area contributed by atoms with Crippen LogP contribution in [0, 0.1) is 12.8 Å². The van der Waals surface area contributed by atoms with Crippen LogP contribution in [0.5, 0.6) is 11.5 Å². The minimum absolute atomic E-state index is 0.192. The lowest BCUT2D eigenvalue weighted by molar-refractivity contribution is -0.141. The number of carboxylic acids is 1. The SMILES string of the molecule is COc1cccc([C@H]2CN(Cc3n[nH]c(C)n3)C[C@@H]2C(=O)O)c1OC. The highest BCUT2D eigenvalue weighted by atomic mass is 16.5. The second-order valence-corrected chi connectivity index (χ2v) is 6.17. The fraction of sp³-hybridized carbons (Fsp3) is 0.471. The average Bonchev–Trinajstić information content (AvgIpc) is 3.20. The number of nitrogens with zero attached hydrogens (tertiary/aromatic N) is 3. The summed E-state index contributed by atoms with van der Waals surface area (Å²) in [5, 5.41) is 16.6. The molecule has 1 aromatic heterocycles. The Hall–Kier alpha value is -2.61. The second-order valence-electron chi connectivity index (χ2n) is 6.17. The van der Waals surface area contributed by atoms with E-state index in [0.29, 0.717) is 37.0 Å². The van der Waals surface area contributed by atoms with Crippen LogP contribution in [0.2, 0.25) is 0 Å². The van der Waals surface area contributed by atoms with Crippen molar-refractivity contribution < 1.29 is 19.4 Å². The van der Waals surface area contributed by atoms with E-state index in [1.54, 1.807) is 20.3 Å². The Morgan fingerprint density at radius 1 is 1.36 bits per heavy atom. The largest absolute Gasteiger partial charge is 0.493 e. The van der Waals surface area contributed by atoms with Crippen LogP contribution in [-0.2, 0) is 11.3 Å². The molecule has 2 N–H and O–H groups in total. The zero-order valence-corrected chi connectivity index (χ0v) is 14.5. The number of aromatic nitrogens is 3. The number of aromatic amines is 1. The highest BCUT2D eigenvalue weighted by molar-refractivity contribution is 5.73. The molecule has 134 valence electrons. The van der Waals surface area contributed by atoms with Crippen molar-refractivity contribution in [3.05, 3.63) is 35.4 Å². The quantitative estimate of drug-likeness (QED) is 0.816. The van der Waals surface area contributed by atoms with Crippen LogP contribution in [0.4, 0.5) is 0 Å². The summed E-state index contributed by atoms with van der Waals surface area (Å²) >= 11 is 0. The Morgan fingerprint density at radius 3 is 2.76 bits per heavy atom. The predicted molar refractivity (Wildman–Crippen MR) is 89.8 cm³/mol. The van der Waals surface area contributed by atoms with Gasteiger partial charge in [0.1, 0.15) is 5.82 Å². The van der Waals surface area contributed by atoms with Gasteiger partial charge in [-0.2, -0.15) is 5.10 Å². The third kappa shape index (κ3) is 3.43. The lowest BCUT2D eigenvalue weighted by Gasteiger charge is -2.20. The number of methoxy groups -OCH3 is 2. The van der Waals surface area contributed by atoms with Gasteiger partial charge in [-0.3, -0.25) is 14.8 Å². The Bertz CT molecular complexity index is 761. The molecule has 0 spiro atoms. The smallest absolute Gasteiger partial charge is 0.308 e. The van der Waals surface area contributed by atoms with Crippen LogP contribution in [0.25, 0.3) is 0 Å². The van der Waals surface area contributed by atoms with Crippen LogP contribution in [0.15, 0.2) is 18.2 Å². The molecule has 0 bridgehead atoms. The van der Waals surface area contributed by atoms with Gasteiger partial charge >= 0.3 is 5.97 Å². The molecule has 1 fully saturated rings. The minimum atomic E-state index is -0.816. The number of nitrogens with one attached hydrogen (secondary N) is 1. The molecule has 0 radical (unpaired) electrons. The first kappa shape index (κ1) is 17.2.